The minimum atomic E-state index is -1.52. The number of aliphatic hydroxyl groups is 6. The number of hydrogen-bond acceptors (Lipinski definition) is 9. The lowest BCUT2D eigenvalue weighted by Crippen LogP contribution is -2.59. The largest absolute Gasteiger partial charge is 0.388 e. The highest BCUT2D eigenvalue weighted by Gasteiger charge is 2.44. The van der Waals surface area contributed by atoms with E-state index in [4.69, 9.17) is 14.2 Å². The zero-order valence-corrected chi connectivity index (χ0v) is 9.94. The molecule has 112 valence electrons. The minimum absolute atomic E-state index is 0.253. The van der Waals surface area contributed by atoms with Crippen molar-refractivity contribution in [2.45, 2.75) is 49.2 Å². The molecule has 9 heteroatoms. The molecule has 0 radical (unpaired) electrons. The Kier molecular flexibility index (Phi) is 4.71. The van der Waals surface area contributed by atoms with Crippen LogP contribution in [0.3, 0.4) is 0 Å². The minimum Gasteiger partial charge on any atom is -0.388 e. The number of hydrogen-bond donors (Lipinski definition) is 6. The van der Waals surface area contributed by atoms with E-state index in [0.717, 1.165) is 0 Å². The van der Waals surface area contributed by atoms with Crippen molar-refractivity contribution in [1.82, 2.24) is 0 Å². The van der Waals surface area contributed by atoms with Crippen molar-refractivity contribution in [2.75, 3.05) is 13.2 Å². The fraction of sp³-hybridized carbons (Fsp3) is 1.00. The lowest BCUT2D eigenvalue weighted by Gasteiger charge is -2.40. The van der Waals surface area contributed by atoms with Crippen LogP contribution >= 0.6 is 0 Å². The maximum atomic E-state index is 9.63. The Morgan fingerprint density at radius 2 is 1.00 bits per heavy atom. The molecule has 2 aliphatic rings. The van der Waals surface area contributed by atoms with Crippen LogP contribution < -0.4 is 0 Å². The summed E-state index contributed by atoms with van der Waals surface area (Å²) in [7, 11) is 0. The molecule has 6 N–H and O–H groups in total. The number of aliphatic hydroxyl groups excluding tert-OH is 6. The summed E-state index contributed by atoms with van der Waals surface area (Å²) in [6.07, 6.45) is -11.1. The second kappa shape index (κ2) is 5.95. The lowest BCUT2D eigenvalue weighted by atomic mass is 10.0. The van der Waals surface area contributed by atoms with E-state index in [1.54, 1.807) is 0 Å². The summed E-state index contributed by atoms with van der Waals surface area (Å²) in [6.45, 7) is -0.506. The van der Waals surface area contributed by atoms with Gasteiger partial charge in [0.25, 0.3) is 0 Å². The molecule has 2 aliphatic heterocycles. The summed E-state index contributed by atoms with van der Waals surface area (Å²) in [6, 6.07) is 0. The third-order valence-electron chi connectivity index (χ3n) is 3.18. The lowest BCUT2D eigenvalue weighted by molar-refractivity contribution is -0.350. The van der Waals surface area contributed by atoms with Gasteiger partial charge in [0.05, 0.1) is 13.2 Å². The van der Waals surface area contributed by atoms with E-state index in [1.165, 1.54) is 0 Å². The van der Waals surface area contributed by atoms with Gasteiger partial charge < -0.3 is 44.8 Å². The number of rotatable bonds is 2. The Bertz CT molecular complexity index is 273. The molecule has 2 fully saturated rings. The van der Waals surface area contributed by atoms with Crippen molar-refractivity contribution in [1.29, 1.82) is 0 Å². The fourth-order valence-electron chi connectivity index (χ4n) is 1.93. The molecule has 0 amide bonds. The van der Waals surface area contributed by atoms with Crippen LogP contribution in [0.2, 0.25) is 0 Å². The van der Waals surface area contributed by atoms with Gasteiger partial charge in [-0.15, -0.1) is 0 Å². The van der Waals surface area contributed by atoms with E-state index in [-0.39, 0.29) is 13.2 Å². The van der Waals surface area contributed by atoms with Gasteiger partial charge in [-0.3, -0.25) is 0 Å². The Balaban J connectivity index is 1.94. The van der Waals surface area contributed by atoms with Crippen molar-refractivity contribution >= 4 is 0 Å². The van der Waals surface area contributed by atoms with Crippen LogP contribution in [0, 0.1) is 0 Å². The molecule has 0 spiro atoms. The third kappa shape index (κ3) is 3.05. The summed E-state index contributed by atoms with van der Waals surface area (Å²) in [5, 5.41) is 56.7. The van der Waals surface area contributed by atoms with Crippen molar-refractivity contribution in [3.8, 4) is 0 Å². The Morgan fingerprint density at radius 1 is 0.632 bits per heavy atom. The third-order valence-corrected chi connectivity index (χ3v) is 3.18. The Morgan fingerprint density at radius 3 is 1.37 bits per heavy atom. The molecule has 0 bridgehead atoms. The van der Waals surface area contributed by atoms with E-state index in [1.807, 2.05) is 0 Å². The molecular weight excluding hydrogens is 264 g/mol. The second-order valence-corrected chi connectivity index (χ2v) is 4.64. The Labute approximate surface area is 108 Å². The van der Waals surface area contributed by atoms with Crippen LogP contribution in [-0.2, 0) is 14.2 Å². The van der Waals surface area contributed by atoms with Crippen molar-refractivity contribution in [3.05, 3.63) is 0 Å². The van der Waals surface area contributed by atoms with Gasteiger partial charge in [0.15, 0.2) is 12.6 Å². The predicted molar refractivity (Wildman–Crippen MR) is 56.6 cm³/mol. The maximum absolute atomic E-state index is 9.63. The highest BCUT2D eigenvalue weighted by Crippen LogP contribution is 2.23. The maximum Gasteiger partial charge on any atom is 0.189 e. The number of ether oxygens (including phenoxy) is 3. The van der Waals surface area contributed by atoms with Crippen LogP contribution in [0.15, 0.2) is 0 Å². The van der Waals surface area contributed by atoms with Gasteiger partial charge in [0.1, 0.15) is 36.6 Å². The van der Waals surface area contributed by atoms with Crippen LogP contribution in [0.4, 0.5) is 0 Å². The quantitative estimate of drug-likeness (QED) is 0.297. The highest BCUT2D eigenvalue weighted by atomic mass is 16.8. The molecule has 8 atom stereocenters. The smallest absolute Gasteiger partial charge is 0.189 e. The summed E-state index contributed by atoms with van der Waals surface area (Å²) in [5.41, 5.74) is 0. The summed E-state index contributed by atoms with van der Waals surface area (Å²) < 4.78 is 15.0. The van der Waals surface area contributed by atoms with Gasteiger partial charge >= 0.3 is 0 Å². The van der Waals surface area contributed by atoms with Gasteiger partial charge in [0, 0.05) is 0 Å². The van der Waals surface area contributed by atoms with Gasteiger partial charge in [-0.05, 0) is 0 Å². The SMILES string of the molecule is O[C@H]1[C@H](O)COC(OC2OC[C@@H](O)[C@H](O)[C@H]2O)[C@@H]1O. The molecule has 0 aliphatic carbocycles. The van der Waals surface area contributed by atoms with Crippen molar-refractivity contribution in [3.63, 3.8) is 0 Å². The van der Waals surface area contributed by atoms with E-state index in [9.17, 15) is 30.6 Å². The molecule has 2 unspecified atom stereocenters. The van der Waals surface area contributed by atoms with Crippen molar-refractivity contribution < 1.29 is 44.8 Å². The summed E-state index contributed by atoms with van der Waals surface area (Å²) in [5.74, 6) is 0. The average molecular weight is 282 g/mol. The van der Waals surface area contributed by atoms with Crippen molar-refractivity contribution in [2.24, 2.45) is 0 Å². The average Bonchev–Trinajstić information content (AvgIpc) is 2.39. The zero-order chi connectivity index (χ0) is 14.2. The molecule has 19 heavy (non-hydrogen) atoms. The van der Waals surface area contributed by atoms with Crippen LogP contribution in [0.1, 0.15) is 0 Å². The van der Waals surface area contributed by atoms with Crippen LogP contribution in [0.5, 0.6) is 0 Å². The van der Waals surface area contributed by atoms with Gasteiger partial charge in [-0.2, -0.15) is 0 Å². The molecule has 0 saturated carbocycles. The molecule has 0 aromatic heterocycles. The molecule has 9 nitrogen and oxygen atoms in total. The molecule has 0 aromatic rings. The first-order valence-electron chi connectivity index (χ1n) is 5.89. The normalized spacial score (nSPS) is 52.1. The first kappa shape index (κ1) is 15.0. The van der Waals surface area contributed by atoms with Crippen LogP contribution in [-0.4, -0.2) is 93.1 Å². The first-order chi connectivity index (χ1) is 8.91. The monoisotopic (exact) mass is 282 g/mol. The topological polar surface area (TPSA) is 149 Å². The fourth-order valence-corrected chi connectivity index (χ4v) is 1.93. The second-order valence-electron chi connectivity index (χ2n) is 4.64. The first-order valence-corrected chi connectivity index (χ1v) is 5.89. The highest BCUT2D eigenvalue weighted by molar-refractivity contribution is 4.86. The van der Waals surface area contributed by atoms with E-state index >= 15 is 0 Å². The Hall–Kier alpha value is -0.360. The molecule has 2 saturated heterocycles. The molecular formula is C10H18O9. The summed E-state index contributed by atoms with van der Waals surface area (Å²) >= 11 is 0. The van der Waals surface area contributed by atoms with Gasteiger partial charge in [-0.1, -0.05) is 0 Å². The van der Waals surface area contributed by atoms with Gasteiger partial charge in [-0.25, -0.2) is 0 Å². The van der Waals surface area contributed by atoms with E-state index < -0.39 is 49.2 Å². The molecule has 0 aromatic carbocycles. The van der Waals surface area contributed by atoms with Crippen LogP contribution in [0.25, 0.3) is 0 Å². The zero-order valence-electron chi connectivity index (χ0n) is 9.94. The standard InChI is InChI=1S/C10H18O9/c11-3-1-17-9(7(15)5(3)13)19-10-8(16)6(14)4(12)2-18-10/h3-16H,1-2H2/t3-,4-,5+,6+,7-,8-,9?,10?/m1/s1. The predicted octanol–water partition coefficient (Wildman–Crippen LogP) is -4.12. The summed E-state index contributed by atoms with van der Waals surface area (Å²) in [4.78, 5) is 0. The molecule has 2 heterocycles. The van der Waals surface area contributed by atoms with Gasteiger partial charge in [0.2, 0.25) is 0 Å². The molecule has 2 rings (SSSR count). The van der Waals surface area contributed by atoms with E-state index in [0.29, 0.717) is 0 Å². The van der Waals surface area contributed by atoms with E-state index in [2.05, 4.69) is 0 Å².